The lowest BCUT2D eigenvalue weighted by Crippen LogP contribution is -2.16. The van der Waals surface area contributed by atoms with Crippen LogP contribution in [-0.4, -0.2) is 10.8 Å². The van der Waals surface area contributed by atoms with Crippen LogP contribution in [0.3, 0.4) is 0 Å². The number of hydrogen-bond acceptors (Lipinski definition) is 3. The largest absolute Gasteiger partial charge is 0.433 e. The number of nitrogen functional groups attached to an aromatic ring is 1. The number of pyridine rings is 1. The summed E-state index contributed by atoms with van der Waals surface area (Å²) in [5, 5.41) is 7.52. The summed E-state index contributed by atoms with van der Waals surface area (Å²) < 4.78 is 38.2. The van der Waals surface area contributed by atoms with E-state index in [-0.39, 0.29) is 16.4 Å². The molecule has 1 aromatic carbocycles. The number of hydrogen-bond donors (Lipinski definition) is 2. The Morgan fingerprint density at radius 2 is 1.76 bits per heavy atom. The molecule has 0 radical (unpaired) electrons. The monoisotopic (exact) mass is 311 g/mol. The molecule has 2 rings (SSSR count). The van der Waals surface area contributed by atoms with Crippen molar-refractivity contribution < 1.29 is 13.2 Å². The van der Waals surface area contributed by atoms with E-state index in [0.717, 1.165) is 28.3 Å². The highest BCUT2D eigenvalue weighted by atomic mass is 32.2. The Bertz CT molecular complexity index is 666. The number of nitrogens with two attached hydrogens (primary N) is 1. The minimum Gasteiger partial charge on any atom is -0.384 e. The van der Waals surface area contributed by atoms with E-state index in [1.807, 2.05) is 19.1 Å². The summed E-state index contributed by atoms with van der Waals surface area (Å²) in [7, 11) is 0. The second-order valence-electron chi connectivity index (χ2n) is 4.38. The van der Waals surface area contributed by atoms with Crippen LogP contribution < -0.4 is 5.73 Å². The van der Waals surface area contributed by atoms with E-state index in [1.165, 1.54) is 6.07 Å². The van der Waals surface area contributed by atoms with Crippen molar-refractivity contribution in [3.63, 3.8) is 0 Å². The second kappa shape index (κ2) is 5.77. The average molecular weight is 311 g/mol. The topological polar surface area (TPSA) is 62.8 Å². The summed E-state index contributed by atoms with van der Waals surface area (Å²) in [6.07, 6.45) is -4.53. The summed E-state index contributed by atoms with van der Waals surface area (Å²) in [6, 6.07) is 9.27. The van der Waals surface area contributed by atoms with Crippen molar-refractivity contribution in [2.24, 2.45) is 5.73 Å². The Morgan fingerprint density at radius 3 is 2.29 bits per heavy atom. The zero-order valence-corrected chi connectivity index (χ0v) is 11.8. The number of aryl methyl sites for hydroxylation is 1. The maximum absolute atomic E-state index is 12.7. The summed E-state index contributed by atoms with van der Waals surface area (Å²) in [5.74, 6) is -0.314. The molecule has 0 aliphatic carbocycles. The van der Waals surface area contributed by atoms with Gasteiger partial charge in [-0.3, -0.25) is 5.41 Å². The summed E-state index contributed by atoms with van der Waals surface area (Å²) in [5.41, 5.74) is 5.64. The van der Waals surface area contributed by atoms with Gasteiger partial charge in [-0.1, -0.05) is 29.5 Å². The maximum Gasteiger partial charge on any atom is 0.433 e. The van der Waals surface area contributed by atoms with E-state index in [4.69, 9.17) is 11.1 Å². The second-order valence-corrected chi connectivity index (χ2v) is 5.44. The first-order valence-corrected chi connectivity index (χ1v) is 6.76. The predicted octanol–water partition coefficient (Wildman–Crippen LogP) is 3.84. The molecule has 1 heterocycles. The number of alkyl halides is 3. The molecule has 0 unspecified atom stereocenters. The van der Waals surface area contributed by atoms with Crippen molar-refractivity contribution in [2.45, 2.75) is 23.0 Å². The van der Waals surface area contributed by atoms with Gasteiger partial charge in [-0.2, -0.15) is 13.2 Å². The third kappa shape index (κ3) is 3.75. The van der Waals surface area contributed by atoms with E-state index in [1.54, 1.807) is 12.1 Å². The van der Waals surface area contributed by atoms with E-state index in [0.29, 0.717) is 0 Å². The Balaban J connectivity index is 2.43. The molecule has 3 nitrogen and oxygen atoms in total. The van der Waals surface area contributed by atoms with Crippen molar-refractivity contribution in [3.8, 4) is 0 Å². The lowest BCUT2D eigenvalue weighted by atomic mass is 10.2. The predicted molar refractivity (Wildman–Crippen MR) is 75.6 cm³/mol. The van der Waals surface area contributed by atoms with Gasteiger partial charge in [-0.15, -0.1) is 0 Å². The number of rotatable bonds is 3. The van der Waals surface area contributed by atoms with Gasteiger partial charge in [0.15, 0.2) is 0 Å². The quantitative estimate of drug-likeness (QED) is 0.668. The first-order chi connectivity index (χ1) is 9.77. The third-order valence-corrected chi connectivity index (χ3v) is 3.69. The number of aromatic nitrogens is 1. The van der Waals surface area contributed by atoms with Crippen LogP contribution in [0.4, 0.5) is 13.2 Å². The first-order valence-electron chi connectivity index (χ1n) is 5.94. The Hall–Kier alpha value is -2.02. The lowest BCUT2D eigenvalue weighted by molar-refractivity contribution is -0.141. The third-order valence-electron chi connectivity index (χ3n) is 2.68. The van der Waals surface area contributed by atoms with Gasteiger partial charge in [0, 0.05) is 10.5 Å². The number of nitrogens with one attached hydrogen (secondary N) is 1. The standard InChI is InChI=1S/C14H12F3N3S/c1-8-2-4-9(5-3-8)21-13-10(12(18)19)6-7-11(20-13)14(15,16)17/h2-7H,1H3,(H3,18,19). The van der Waals surface area contributed by atoms with Gasteiger partial charge in [0.1, 0.15) is 16.6 Å². The minimum atomic E-state index is -4.53. The van der Waals surface area contributed by atoms with Gasteiger partial charge in [-0.05, 0) is 31.2 Å². The number of nitrogens with zero attached hydrogens (tertiary/aromatic N) is 1. The highest BCUT2D eigenvalue weighted by Gasteiger charge is 2.33. The zero-order valence-electron chi connectivity index (χ0n) is 11.0. The Labute approximate surface area is 123 Å². The molecule has 1 aromatic heterocycles. The fourth-order valence-electron chi connectivity index (χ4n) is 1.60. The van der Waals surface area contributed by atoms with Crippen LogP contribution in [0.15, 0.2) is 46.3 Å². The van der Waals surface area contributed by atoms with Crippen molar-refractivity contribution >= 4 is 17.6 Å². The fraction of sp³-hybridized carbons (Fsp3) is 0.143. The summed E-state index contributed by atoms with van der Waals surface area (Å²) >= 11 is 1.05. The SMILES string of the molecule is Cc1ccc(Sc2nc(C(F)(F)F)ccc2C(=N)N)cc1. The van der Waals surface area contributed by atoms with Gasteiger partial charge in [0.25, 0.3) is 0 Å². The molecule has 0 spiro atoms. The molecular weight excluding hydrogens is 299 g/mol. The molecule has 0 saturated heterocycles. The maximum atomic E-state index is 12.7. The van der Waals surface area contributed by atoms with Crippen molar-refractivity contribution in [3.05, 3.63) is 53.2 Å². The molecule has 0 fully saturated rings. The van der Waals surface area contributed by atoms with Gasteiger partial charge >= 0.3 is 6.18 Å². The molecule has 2 aromatic rings. The molecular formula is C14H12F3N3S. The highest BCUT2D eigenvalue weighted by molar-refractivity contribution is 7.99. The summed E-state index contributed by atoms with van der Waals surface area (Å²) in [6.45, 7) is 1.91. The van der Waals surface area contributed by atoms with Crippen LogP contribution in [0.25, 0.3) is 0 Å². The van der Waals surface area contributed by atoms with Gasteiger partial charge in [-0.25, -0.2) is 4.98 Å². The average Bonchev–Trinajstić information content (AvgIpc) is 2.40. The van der Waals surface area contributed by atoms with Crippen molar-refractivity contribution in [1.29, 1.82) is 5.41 Å². The first kappa shape index (κ1) is 15.4. The van der Waals surface area contributed by atoms with Crippen LogP contribution in [0, 0.1) is 12.3 Å². The highest BCUT2D eigenvalue weighted by Crippen LogP contribution is 2.33. The Morgan fingerprint density at radius 1 is 1.14 bits per heavy atom. The lowest BCUT2D eigenvalue weighted by Gasteiger charge is -2.11. The minimum absolute atomic E-state index is 0.0705. The molecule has 21 heavy (non-hydrogen) atoms. The molecule has 0 bridgehead atoms. The van der Waals surface area contributed by atoms with Crippen molar-refractivity contribution in [1.82, 2.24) is 4.98 Å². The zero-order chi connectivity index (χ0) is 15.6. The van der Waals surface area contributed by atoms with E-state index in [2.05, 4.69) is 4.98 Å². The van der Waals surface area contributed by atoms with Crippen LogP contribution in [0.1, 0.15) is 16.8 Å². The Kier molecular flexibility index (Phi) is 4.22. The summed E-state index contributed by atoms with van der Waals surface area (Å²) in [4.78, 5) is 4.33. The molecule has 0 saturated carbocycles. The molecule has 0 aliphatic rings. The number of halogens is 3. The van der Waals surface area contributed by atoms with Crippen LogP contribution in [0.2, 0.25) is 0 Å². The number of benzene rings is 1. The number of amidine groups is 1. The molecule has 0 aliphatic heterocycles. The van der Waals surface area contributed by atoms with E-state index < -0.39 is 11.9 Å². The van der Waals surface area contributed by atoms with Gasteiger partial charge in [0.2, 0.25) is 0 Å². The fourth-order valence-corrected chi connectivity index (χ4v) is 2.53. The van der Waals surface area contributed by atoms with E-state index in [9.17, 15) is 13.2 Å². The van der Waals surface area contributed by atoms with E-state index >= 15 is 0 Å². The molecule has 3 N–H and O–H groups in total. The normalized spacial score (nSPS) is 11.4. The van der Waals surface area contributed by atoms with Crippen LogP contribution in [-0.2, 0) is 6.18 Å². The van der Waals surface area contributed by atoms with Crippen molar-refractivity contribution in [2.75, 3.05) is 0 Å². The van der Waals surface area contributed by atoms with Crippen LogP contribution in [0.5, 0.6) is 0 Å². The van der Waals surface area contributed by atoms with Gasteiger partial charge < -0.3 is 5.73 Å². The molecule has 7 heteroatoms. The van der Waals surface area contributed by atoms with Gasteiger partial charge in [0.05, 0.1) is 0 Å². The molecule has 0 amide bonds. The smallest absolute Gasteiger partial charge is 0.384 e. The molecule has 110 valence electrons. The van der Waals surface area contributed by atoms with Crippen LogP contribution >= 0.6 is 11.8 Å². The molecule has 0 atom stereocenters.